The molecule has 9 heteroatoms. The average molecular weight is 628 g/mol. The Hall–Kier alpha value is -1.71. The van der Waals surface area contributed by atoms with Crippen molar-refractivity contribution in [3.8, 4) is 0 Å². The van der Waals surface area contributed by atoms with Gasteiger partial charge < -0.3 is 31.4 Å². The molecule has 0 spiro atoms. The van der Waals surface area contributed by atoms with E-state index in [1.807, 2.05) is 0 Å². The van der Waals surface area contributed by atoms with E-state index in [0.717, 1.165) is 154 Å². The van der Waals surface area contributed by atoms with Gasteiger partial charge in [-0.2, -0.15) is 0 Å². The molecule has 6 N–H and O–H groups in total. The fourth-order valence-electron chi connectivity index (χ4n) is 5.48. The van der Waals surface area contributed by atoms with Gasteiger partial charge in [-0.3, -0.25) is 14.4 Å². The minimum Gasteiger partial charge on any atom is -0.466 e. The van der Waals surface area contributed by atoms with Crippen LogP contribution in [0.5, 0.6) is 0 Å². The number of hydrogen-bond donors (Lipinski definition) is 3. The molecule has 0 radical (unpaired) electrons. The standard InChI is InChI=1S/C35H69N3O6/c1-35(23-17-29-42-32(39)20-11-5-2-8-14-26-36,24-18-30-43-33(40)21-12-6-3-9-15-27-37)25-19-31-44-34(41)22-13-7-4-10-16-28-38/h2-31,36-38H2,1H3. The largest absolute Gasteiger partial charge is 0.466 e. The van der Waals surface area contributed by atoms with Gasteiger partial charge in [-0.05, 0) is 102 Å². The van der Waals surface area contributed by atoms with Gasteiger partial charge in [0.1, 0.15) is 0 Å². The number of unbranched alkanes of at least 4 members (excludes halogenated alkanes) is 12. The van der Waals surface area contributed by atoms with Gasteiger partial charge in [0.25, 0.3) is 0 Å². The maximum atomic E-state index is 12.1. The fraction of sp³-hybridized carbons (Fsp3) is 0.914. The molecular formula is C35H69N3O6. The van der Waals surface area contributed by atoms with Crippen LogP contribution in [0.25, 0.3) is 0 Å². The first-order valence-electron chi connectivity index (χ1n) is 17.9. The van der Waals surface area contributed by atoms with Crippen LogP contribution < -0.4 is 17.2 Å². The fourth-order valence-corrected chi connectivity index (χ4v) is 5.48. The molecule has 44 heavy (non-hydrogen) atoms. The van der Waals surface area contributed by atoms with Crippen LogP contribution in [-0.4, -0.2) is 57.4 Å². The Labute approximate surface area is 269 Å². The molecule has 0 bridgehead atoms. The molecule has 260 valence electrons. The normalized spacial score (nSPS) is 11.5. The summed E-state index contributed by atoms with van der Waals surface area (Å²) >= 11 is 0. The number of hydrogen-bond acceptors (Lipinski definition) is 9. The number of esters is 3. The van der Waals surface area contributed by atoms with Gasteiger partial charge in [-0.15, -0.1) is 0 Å². The lowest BCUT2D eigenvalue weighted by molar-refractivity contribution is -0.144. The quantitative estimate of drug-likeness (QED) is 0.0401. The second-order valence-corrected chi connectivity index (χ2v) is 12.7. The second kappa shape index (κ2) is 31.3. The molecule has 0 aliphatic carbocycles. The van der Waals surface area contributed by atoms with E-state index in [4.69, 9.17) is 31.4 Å². The molecule has 0 aliphatic rings. The third kappa shape index (κ3) is 29.0. The van der Waals surface area contributed by atoms with Crippen molar-refractivity contribution in [1.29, 1.82) is 0 Å². The van der Waals surface area contributed by atoms with Crippen LogP contribution in [0.2, 0.25) is 0 Å². The maximum Gasteiger partial charge on any atom is 0.305 e. The van der Waals surface area contributed by atoms with Gasteiger partial charge in [-0.1, -0.05) is 64.7 Å². The van der Waals surface area contributed by atoms with E-state index in [1.54, 1.807) is 0 Å². The Balaban J connectivity index is 4.43. The van der Waals surface area contributed by atoms with Crippen molar-refractivity contribution in [1.82, 2.24) is 0 Å². The van der Waals surface area contributed by atoms with E-state index in [2.05, 4.69) is 6.92 Å². The summed E-state index contributed by atoms with van der Waals surface area (Å²) in [4.78, 5) is 36.4. The van der Waals surface area contributed by atoms with Gasteiger partial charge in [0.15, 0.2) is 0 Å². The van der Waals surface area contributed by atoms with Crippen molar-refractivity contribution in [2.75, 3.05) is 39.5 Å². The van der Waals surface area contributed by atoms with Crippen molar-refractivity contribution in [3.05, 3.63) is 0 Å². The van der Waals surface area contributed by atoms with E-state index in [0.29, 0.717) is 39.1 Å². The monoisotopic (exact) mass is 628 g/mol. The molecule has 0 fully saturated rings. The van der Waals surface area contributed by atoms with Crippen molar-refractivity contribution < 1.29 is 28.6 Å². The zero-order valence-corrected chi connectivity index (χ0v) is 28.4. The molecule has 0 aliphatic heterocycles. The van der Waals surface area contributed by atoms with Crippen LogP contribution in [0.4, 0.5) is 0 Å². The Morgan fingerprint density at radius 3 is 0.932 bits per heavy atom. The molecule has 0 unspecified atom stereocenters. The summed E-state index contributed by atoms with van der Waals surface area (Å²) in [6.45, 7) is 5.67. The van der Waals surface area contributed by atoms with Gasteiger partial charge in [0, 0.05) is 19.3 Å². The number of ether oxygens (including phenoxy) is 3. The highest BCUT2D eigenvalue weighted by Crippen LogP contribution is 2.34. The van der Waals surface area contributed by atoms with Crippen LogP contribution in [-0.2, 0) is 28.6 Å². The van der Waals surface area contributed by atoms with Crippen LogP contribution in [0.15, 0.2) is 0 Å². The lowest BCUT2D eigenvalue weighted by atomic mass is 9.77. The molecule has 0 amide bonds. The Morgan fingerprint density at radius 1 is 0.409 bits per heavy atom. The van der Waals surface area contributed by atoms with Gasteiger partial charge in [0.05, 0.1) is 19.8 Å². The van der Waals surface area contributed by atoms with E-state index >= 15 is 0 Å². The second-order valence-electron chi connectivity index (χ2n) is 12.7. The summed E-state index contributed by atoms with van der Waals surface area (Å²) < 4.78 is 16.5. The van der Waals surface area contributed by atoms with Gasteiger partial charge >= 0.3 is 17.9 Å². The van der Waals surface area contributed by atoms with E-state index in [9.17, 15) is 14.4 Å². The Morgan fingerprint density at radius 2 is 0.659 bits per heavy atom. The first kappa shape index (κ1) is 42.3. The first-order chi connectivity index (χ1) is 21.4. The van der Waals surface area contributed by atoms with Crippen LogP contribution in [0.3, 0.4) is 0 Å². The van der Waals surface area contributed by atoms with Crippen molar-refractivity contribution in [2.45, 2.75) is 161 Å². The Bertz CT molecular complexity index is 603. The molecule has 0 rings (SSSR count). The average Bonchev–Trinajstić information content (AvgIpc) is 3.01. The van der Waals surface area contributed by atoms with Crippen molar-refractivity contribution in [2.24, 2.45) is 22.6 Å². The Kier molecular flexibility index (Phi) is 30.1. The third-order valence-electron chi connectivity index (χ3n) is 8.32. The minimum atomic E-state index is -0.122. The van der Waals surface area contributed by atoms with Crippen LogP contribution in [0.1, 0.15) is 161 Å². The highest BCUT2D eigenvalue weighted by atomic mass is 16.5. The zero-order valence-electron chi connectivity index (χ0n) is 28.4. The molecular weight excluding hydrogens is 558 g/mol. The number of carbonyl (C=O) groups is 3. The topological polar surface area (TPSA) is 157 Å². The molecule has 0 saturated carbocycles. The van der Waals surface area contributed by atoms with Crippen LogP contribution >= 0.6 is 0 Å². The summed E-state index contributed by atoms with van der Waals surface area (Å²) in [5.74, 6) is -0.366. The van der Waals surface area contributed by atoms with Gasteiger partial charge in [0.2, 0.25) is 0 Å². The predicted octanol–water partition coefficient (Wildman–Crippen LogP) is 6.86. The van der Waals surface area contributed by atoms with Crippen molar-refractivity contribution >= 4 is 17.9 Å². The summed E-state index contributed by atoms with van der Waals surface area (Å²) in [5.41, 5.74) is 16.6. The summed E-state index contributed by atoms with van der Waals surface area (Å²) in [5, 5.41) is 0. The number of nitrogens with two attached hydrogens (primary N) is 3. The molecule has 0 atom stereocenters. The lowest BCUT2D eigenvalue weighted by Crippen LogP contribution is -2.20. The van der Waals surface area contributed by atoms with Gasteiger partial charge in [-0.25, -0.2) is 0 Å². The van der Waals surface area contributed by atoms with E-state index < -0.39 is 0 Å². The first-order valence-corrected chi connectivity index (χ1v) is 17.9. The summed E-state index contributed by atoms with van der Waals surface area (Å²) in [7, 11) is 0. The number of rotatable bonds is 33. The SMILES string of the molecule is CC(CCCOC(=O)CCCCCCCN)(CCCOC(=O)CCCCCCCN)CCCOC(=O)CCCCCCCN. The molecule has 0 aromatic rings. The maximum absolute atomic E-state index is 12.1. The highest BCUT2D eigenvalue weighted by molar-refractivity contribution is 5.69. The molecule has 0 aromatic carbocycles. The molecule has 0 saturated heterocycles. The minimum absolute atomic E-state index is 0.0137. The molecule has 0 heterocycles. The third-order valence-corrected chi connectivity index (χ3v) is 8.32. The van der Waals surface area contributed by atoms with Crippen molar-refractivity contribution in [3.63, 3.8) is 0 Å². The summed E-state index contributed by atoms with van der Waals surface area (Å²) in [6.07, 6.45) is 21.9. The molecule has 0 aromatic heterocycles. The van der Waals surface area contributed by atoms with E-state index in [-0.39, 0.29) is 23.3 Å². The predicted molar refractivity (Wildman–Crippen MR) is 179 cm³/mol. The van der Waals surface area contributed by atoms with E-state index in [1.165, 1.54) is 0 Å². The number of carbonyl (C=O) groups excluding carboxylic acids is 3. The highest BCUT2D eigenvalue weighted by Gasteiger charge is 2.24. The van der Waals surface area contributed by atoms with Crippen LogP contribution in [0, 0.1) is 5.41 Å². The lowest BCUT2D eigenvalue weighted by Gasteiger charge is -2.30. The smallest absolute Gasteiger partial charge is 0.305 e. The zero-order chi connectivity index (χ0) is 32.6. The molecule has 9 nitrogen and oxygen atoms in total. The summed E-state index contributed by atoms with van der Waals surface area (Å²) in [6, 6.07) is 0.